The Labute approximate surface area is 170 Å². The Balaban J connectivity index is 2.22. The predicted octanol–water partition coefficient (Wildman–Crippen LogP) is 3.46. The molecule has 0 bridgehead atoms. The minimum atomic E-state index is -0.933. The van der Waals surface area contributed by atoms with Crippen molar-refractivity contribution >= 4 is 35.3 Å². The van der Waals surface area contributed by atoms with E-state index in [2.05, 4.69) is 13.8 Å². The molecule has 0 N–H and O–H groups in total. The van der Waals surface area contributed by atoms with Crippen LogP contribution in [0.5, 0.6) is 5.75 Å². The van der Waals surface area contributed by atoms with Crippen molar-refractivity contribution in [2.24, 2.45) is 5.92 Å². The van der Waals surface area contributed by atoms with Crippen molar-refractivity contribution in [3.05, 3.63) is 42.2 Å². The van der Waals surface area contributed by atoms with E-state index >= 15 is 0 Å². The summed E-state index contributed by atoms with van der Waals surface area (Å²) in [5.74, 6) is 1.08. The molecule has 0 unspecified atom stereocenters. The van der Waals surface area contributed by atoms with Crippen LogP contribution >= 0.6 is 23.5 Å². The molecular formula is C20H28N2O3S2. The summed E-state index contributed by atoms with van der Waals surface area (Å²) >= 11 is 2.79. The number of allylic oxidation sites excluding steroid dienone is 1. The average molecular weight is 409 g/mol. The number of hydrogen-bond donors (Lipinski definition) is 0. The quantitative estimate of drug-likeness (QED) is 0.647. The third-order valence-electron chi connectivity index (χ3n) is 4.69. The number of amides is 2. The molecule has 148 valence electrons. The predicted molar refractivity (Wildman–Crippen MR) is 114 cm³/mol. The van der Waals surface area contributed by atoms with Crippen LogP contribution in [0.4, 0.5) is 0 Å². The number of likely N-dealkylation sites (N-methyl/N-ethyl adjacent to an activating group) is 2. The lowest BCUT2D eigenvalue weighted by atomic mass is 10.0. The fourth-order valence-corrected chi connectivity index (χ4v) is 4.79. The number of thioether (sulfide) groups is 2. The highest BCUT2D eigenvalue weighted by Gasteiger charge is 2.53. The van der Waals surface area contributed by atoms with E-state index in [0.29, 0.717) is 12.3 Å². The zero-order valence-corrected chi connectivity index (χ0v) is 18.4. The summed E-state index contributed by atoms with van der Waals surface area (Å²) in [4.78, 5) is 28.2. The minimum absolute atomic E-state index is 0.0438. The van der Waals surface area contributed by atoms with Gasteiger partial charge in [-0.15, -0.1) is 23.5 Å². The molecule has 0 radical (unpaired) electrons. The van der Waals surface area contributed by atoms with Crippen molar-refractivity contribution in [1.82, 2.24) is 9.80 Å². The van der Waals surface area contributed by atoms with Crippen LogP contribution in [0.15, 0.2) is 36.6 Å². The number of benzene rings is 1. The molecule has 1 aliphatic rings. The van der Waals surface area contributed by atoms with Gasteiger partial charge in [-0.3, -0.25) is 9.59 Å². The summed E-state index contributed by atoms with van der Waals surface area (Å²) in [5, 5.41) is -0.466. The second-order valence-corrected chi connectivity index (χ2v) is 8.90. The molecular weight excluding hydrogens is 380 g/mol. The number of piperazine rings is 1. The molecule has 1 heterocycles. The lowest BCUT2D eigenvalue weighted by molar-refractivity contribution is -0.156. The first kappa shape index (κ1) is 21.7. The van der Waals surface area contributed by atoms with Gasteiger partial charge in [0.2, 0.25) is 0 Å². The van der Waals surface area contributed by atoms with Gasteiger partial charge in [0.1, 0.15) is 5.75 Å². The number of carbonyl (C=O) groups excluding carboxylic acids is 2. The van der Waals surface area contributed by atoms with Crippen LogP contribution in [0.1, 0.15) is 19.4 Å². The molecule has 0 saturated carbocycles. The SMILES string of the molecule is CS[C@@H]1C(=O)N(C)[C@](Cc2ccc(O/C=C/C(C)C)cc2)(SC)C(=O)N1C. The van der Waals surface area contributed by atoms with E-state index in [-0.39, 0.29) is 11.8 Å². The lowest BCUT2D eigenvalue weighted by Gasteiger charge is -2.48. The molecule has 0 aliphatic carbocycles. The topological polar surface area (TPSA) is 49.9 Å². The fraction of sp³-hybridized carbons (Fsp3) is 0.500. The second kappa shape index (κ2) is 9.06. The summed E-state index contributed by atoms with van der Waals surface area (Å²) in [5.41, 5.74) is 0.980. The standard InChI is InChI=1S/C20H28N2O3S2/c1-14(2)11-12-25-16-9-7-15(8-10-16)13-20(27-6)19(24)21(3)18(26-5)17(23)22(20)4/h7-12,14,18H,13H2,1-6H3/b12-11+/t18-,20-/m1/s1. The van der Waals surface area contributed by atoms with E-state index in [4.69, 9.17) is 4.74 Å². The Morgan fingerprint density at radius 3 is 2.33 bits per heavy atom. The van der Waals surface area contributed by atoms with Crippen LogP contribution in [0.2, 0.25) is 0 Å². The van der Waals surface area contributed by atoms with Crippen LogP contribution in [0.25, 0.3) is 0 Å². The molecule has 0 aromatic heterocycles. The van der Waals surface area contributed by atoms with Gasteiger partial charge < -0.3 is 14.5 Å². The molecule has 1 aromatic rings. The highest BCUT2D eigenvalue weighted by atomic mass is 32.2. The number of carbonyl (C=O) groups is 2. The van der Waals surface area contributed by atoms with Gasteiger partial charge in [-0.2, -0.15) is 0 Å². The largest absolute Gasteiger partial charge is 0.465 e. The van der Waals surface area contributed by atoms with E-state index in [1.807, 2.05) is 42.9 Å². The molecule has 2 atom stereocenters. The van der Waals surface area contributed by atoms with Gasteiger partial charge in [-0.05, 0) is 42.2 Å². The third-order valence-corrected chi connectivity index (χ3v) is 6.92. The number of hydrogen-bond acceptors (Lipinski definition) is 5. The van der Waals surface area contributed by atoms with E-state index in [1.165, 1.54) is 23.5 Å². The molecule has 1 aliphatic heterocycles. The summed E-state index contributed by atoms with van der Waals surface area (Å²) in [6.45, 7) is 4.17. The van der Waals surface area contributed by atoms with Crippen molar-refractivity contribution < 1.29 is 14.3 Å². The molecule has 7 heteroatoms. The summed E-state index contributed by atoms with van der Waals surface area (Å²) in [6.07, 6.45) is 7.85. The summed E-state index contributed by atoms with van der Waals surface area (Å²) in [6, 6.07) is 7.67. The van der Waals surface area contributed by atoms with Crippen molar-refractivity contribution in [2.45, 2.75) is 30.5 Å². The molecule has 1 fully saturated rings. The Hall–Kier alpha value is -1.60. The second-order valence-electron chi connectivity index (χ2n) is 6.90. The minimum Gasteiger partial charge on any atom is -0.465 e. The van der Waals surface area contributed by atoms with Crippen LogP contribution in [0.3, 0.4) is 0 Å². The maximum atomic E-state index is 13.1. The van der Waals surface area contributed by atoms with Crippen molar-refractivity contribution in [3.63, 3.8) is 0 Å². The van der Waals surface area contributed by atoms with Crippen LogP contribution < -0.4 is 4.74 Å². The smallest absolute Gasteiger partial charge is 0.260 e. The van der Waals surface area contributed by atoms with Crippen molar-refractivity contribution in [1.29, 1.82) is 0 Å². The van der Waals surface area contributed by atoms with Gasteiger partial charge in [0, 0.05) is 20.5 Å². The molecule has 2 rings (SSSR count). The first-order valence-corrected chi connectivity index (χ1v) is 11.3. The third kappa shape index (κ3) is 4.46. The molecule has 0 spiro atoms. The fourth-order valence-electron chi connectivity index (χ4n) is 3.02. The normalized spacial score (nSPS) is 23.6. The van der Waals surface area contributed by atoms with Gasteiger partial charge in [-0.25, -0.2) is 0 Å². The highest BCUT2D eigenvalue weighted by molar-refractivity contribution is 8.01. The Morgan fingerprint density at radius 2 is 1.81 bits per heavy atom. The number of nitrogens with zero attached hydrogens (tertiary/aromatic N) is 2. The van der Waals surface area contributed by atoms with Crippen LogP contribution in [0, 0.1) is 5.92 Å². The summed E-state index contributed by atoms with van der Waals surface area (Å²) < 4.78 is 5.59. The average Bonchev–Trinajstić information content (AvgIpc) is 2.65. The Kier molecular flexibility index (Phi) is 7.28. The molecule has 1 saturated heterocycles. The van der Waals surface area contributed by atoms with Crippen molar-refractivity contribution in [3.8, 4) is 5.75 Å². The van der Waals surface area contributed by atoms with Crippen LogP contribution in [-0.2, 0) is 16.0 Å². The number of rotatable bonds is 7. The number of ether oxygens (including phenoxy) is 1. The monoisotopic (exact) mass is 408 g/mol. The van der Waals surface area contributed by atoms with E-state index in [0.717, 1.165) is 11.3 Å². The molecule has 2 amide bonds. The molecule has 27 heavy (non-hydrogen) atoms. The first-order chi connectivity index (χ1) is 12.8. The zero-order valence-electron chi connectivity index (χ0n) is 16.8. The van der Waals surface area contributed by atoms with Gasteiger partial charge in [-0.1, -0.05) is 26.0 Å². The van der Waals surface area contributed by atoms with E-state index < -0.39 is 10.2 Å². The first-order valence-electron chi connectivity index (χ1n) is 8.82. The maximum Gasteiger partial charge on any atom is 0.260 e. The van der Waals surface area contributed by atoms with Gasteiger partial charge >= 0.3 is 0 Å². The van der Waals surface area contributed by atoms with E-state index in [9.17, 15) is 9.59 Å². The summed E-state index contributed by atoms with van der Waals surface area (Å²) in [7, 11) is 3.43. The molecule has 5 nitrogen and oxygen atoms in total. The Morgan fingerprint density at radius 1 is 1.19 bits per heavy atom. The van der Waals surface area contributed by atoms with Crippen LogP contribution in [-0.4, -0.2) is 58.5 Å². The van der Waals surface area contributed by atoms with Gasteiger partial charge in [0.05, 0.1) is 6.26 Å². The molecule has 1 aromatic carbocycles. The van der Waals surface area contributed by atoms with Gasteiger partial charge in [0.15, 0.2) is 10.2 Å². The maximum absolute atomic E-state index is 13.1. The lowest BCUT2D eigenvalue weighted by Crippen LogP contribution is -2.68. The Bertz CT molecular complexity index is 706. The highest BCUT2D eigenvalue weighted by Crippen LogP contribution is 2.39. The van der Waals surface area contributed by atoms with Gasteiger partial charge in [0.25, 0.3) is 11.8 Å². The zero-order chi connectivity index (χ0) is 20.2. The van der Waals surface area contributed by atoms with Crippen molar-refractivity contribution in [2.75, 3.05) is 26.6 Å². The van der Waals surface area contributed by atoms with E-state index in [1.54, 1.807) is 30.2 Å².